The van der Waals surface area contributed by atoms with Crippen LogP contribution in [-0.2, 0) is 6.18 Å². The van der Waals surface area contributed by atoms with Crippen molar-refractivity contribution in [2.45, 2.75) is 9.97 Å². The standard InChI is InChI=1S/C14H6Cl3F4NO2/c15-13(16,17)12(24)10-3-6(5-22-10)11(23)8-2-1-7(18)4-9(8)14(19,20)21/h1-5,22H. The second kappa shape index (κ2) is 6.38. The normalized spacial score (nSPS) is 12.3. The number of hydrogen-bond donors (Lipinski definition) is 1. The van der Waals surface area contributed by atoms with Gasteiger partial charge in [0.05, 0.1) is 11.3 Å². The Morgan fingerprint density at radius 3 is 2.21 bits per heavy atom. The molecule has 2 rings (SSSR count). The van der Waals surface area contributed by atoms with Crippen LogP contribution in [0.4, 0.5) is 17.6 Å². The Bertz CT molecular complexity index is 809. The maximum absolute atomic E-state index is 13.1. The molecule has 0 radical (unpaired) electrons. The van der Waals surface area contributed by atoms with Crippen LogP contribution in [0.1, 0.15) is 32.0 Å². The van der Waals surface area contributed by atoms with Crippen molar-refractivity contribution in [2.24, 2.45) is 0 Å². The number of halogens is 7. The van der Waals surface area contributed by atoms with Crippen LogP contribution in [-0.4, -0.2) is 20.3 Å². The fourth-order valence-corrected chi connectivity index (χ4v) is 2.22. The lowest BCUT2D eigenvalue weighted by Gasteiger charge is -2.11. The van der Waals surface area contributed by atoms with Crippen molar-refractivity contribution in [2.75, 3.05) is 0 Å². The maximum Gasteiger partial charge on any atom is 0.417 e. The molecule has 3 nitrogen and oxygen atoms in total. The van der Waals surface area contributed by atoms with Crippen LogP contribution in [0, 0.1) is 5.82 Å². The molecule has 0 aliphatic carbocycles. The number of ketones is 2. The van der Waals surface area contributed by atoms with Crippen molar-refractivity contribution >= 4 is 46.4 Å². The quantitative estimate of drug-likeness (QED) is 0.448. The van der Waals surface area contributed by atoms with E-state index in [0.29, 0.717) is 6.07 Å². The summed E-state index contributed by atoms with van der Waals surface area (Å²) in [6.07, 6.45) is -3.94. The molecule has 0 bridgehead atoms. The third kappa shape index (κ3) is 3.91. The Morgan fingerprint density at radius 2 is 1.67 bits per heavy atom. The molecular formula is C14H6Cl3F4NO2. The molecular weight excluding hydrogens is 397 g/mol. The van der Waals surface area contributed by atoms with Crippen LogP contribution >= 0.6 is 34.8 Å². The SMILES string of the molecule is O=C(c1c[nH]c(C(=O)C(Cl)(Cl)Cl)c1)c1ccc(F)cc1C(F)(F)F. The van der Waals surface area contributed by atoms with Crippen LogP contribution in [0.2, 0.25) is 0 Å². The molecule has 0 saturated heterocycles. The molecule has 2 aromatic rings. The summed E-state index contributed by atoms with van der Waals surface area (Å²) in [6, 6.07) is 2.61. The second-order valence-corrected chi connectivity index (χ2v) is 6.93. The number of hydrogen-bond acceptors (Lipinski definition) is 2. The molecule has 1 heterocycles. The topological polar surface area (TPSA) is 49.9 Å². The number of alkyl halides is 6. The molecule has 0 aliphatic rings. The van der Waals surface area contributed by atoms with E-state index < -0.39 is 38.5 Å². The molecule has 0 spiro atoms. The van der Waals surface area contributed by atoms with Crippen molar-refractivity contribution in [3.05, 3.63) is 58.7 Å². The summed E-state index contributed by atoms with van der Waals surface area (Å²) in [5, 5.41) is 0. The first-order valence-electron chi connectivity index (χ1n) is 6.12. The van der Waals surface area contributed by atoms with Crippen LogP contribution < -0.4 is 0 Å². The third-order valence-corrected chi connectivity index (χ3v) is 3.49. The molecule has 0 unspecified atom stereocenters. The smallest absolute Gasteiger partial charge is 0.358 e. The zero-order valence-electron chi connectivity index (χ0n) is 11.3. The molecule has 24 heavy (non-hydrogen) atoms. The van der Waals surface area contributed by atoms with E-state index in [1.165, 1.54) is 0 Å². The van der Waals surface area contributed by atoms with Gasteiger partial charge in [0.2, 0.25) is 5.78 Å². The molecule has 0 aliphatic heterocycles. The number of carbonyl (C=O) groups is 2. The largest absolute Gasteiger partial charge is 0.417 e. The van der Waals surface area contributed by atoms with E-state index in [4.69, 9.17) is 34.8 Å². The van der Waals surface area contributed by atoms with Gasteiger partial charge < -0.3 is 4.98 Å². The second-order valence-electron chi connectivity index (χ2n) is 4.65. The van der Waals surface area contributed by atoms with E-state index in [1.54, 1.807) is 0 Å². The summed E-state index contributed by atoms with van der Waals surface area (Å²) < 4.78 is 49.7. The van der Waals surface area contributed by atoms with Crippen LogP contribution in [0.5, 0.6) is 0 Å². The van der Waals surface area contributed by atoms with Gasteiger partial charge in [0.1, 0.15) is 5.82 Å². The number of nitrogens with one attached hydrogen (secondary N) is 1. The number of rotatable bonds is 3. The average Bonchev–Trinajstić information content (AvgIpc) is 2.93. The summed E-state index contributed by atoms with van der Waals surface area (Å²) in [5.41, 5.74) is -2.74. The number of H-pyrrole nitrogens is 1. The predicted molar refractivity (Wildman–Crippen MR) is 80.2 cm³/mol. The molecule has 0 fully saturated rings. The Kier molecular flexibility index (Phi) is 4.99. The highest BCUT2D eigenvalue weighted by Crippen LogP contribution is 2.34. The number of aromatic nitrogens is 1. The Morgan fingerprint density at radius 1 is 1.04 bits per heavy atom. The van der Waals surface area contributed by atoms with Crippen molar-refractivity contribution in [3.63, 3.8) is 0 Å². The first-order chi connectivity index (χ1) is 10.9. The Labute approximate surface area is 147 Å². The molecule has 10 heteroatoms. The van der Waals surface area contributed by atoms with Gasteiger partial charge in [-0.2, -0.15) is 13.2 Å². The van der Waals surface area contributed by atoms with Crippen molar-refractivity contribution in [3.8, 4) is 0 Å². The first-order valence-corrected chi connectivity index (χ1v) is 7.26. The van der Waals surface area contributed by atoms with E-state index in [-0.39, 0.29) is 17.3 Å². The van der Waals surface area contributed by atoms with Crippen LogP contribution in [0.3, 0.4) is 0 Å². The van der Waals surface area contributed by atoms with E-state index in [1.807, 2.05) is 0 Å². The zero-order chi connectivity index (χ0) is 18.3. The average molecular weight is 403 g/mol. The number of Topliss-reactive ketones (excluding diaryl/α,β-unsaturated/α-hetero) is 1. The number of carbonyl (C=O) groups excluding carboxylic acids is 2. The Hall–Kier alpha value is -1.57. The lowest BCUT2D eigenvalue weighted by atomic mass is 9.99. The van der Waals surface area contributed by atoms with Gasteiger partial charge in [-0.25, -0.2) is 4.39 Å². The minimum Gasteiger partial charge on any atom is -0.358 e. The molecule has 0 saturated carbocycles. The molecule has 1 N–H and O–H groups in total. The summed E-state index contributed by atoms with van der Waals surface area (Å²) >= 11 is 16.2. The summed E-state index contributed by atoms with van der Waals surface area (Å²) in [5.74, 6) is -3.19. The molecule has 0 atom stereocenters. The minimum absolute atomic E-state index is 0.216. The van der Waals surface area contributed by atoms with Gasteiger partial charge in [-0.3, -0.25) is 9.59 Å². The number of benzene rings is 1. The van der Waals surface area contributed by atoms with Crippen LogP contribution in [0.25, 0.3) is 0 Å². The third-order valence-electron chi connectivity index (χ3n) is 2.98. The molecule has 128 valence electrons. The highest BCUT2D eigenvalue weighted by Gasteiger charge is 2.37. The van der Waals surface area contributed by atoms with Gasteiger partial charge in [0.25, 0.3) is 3.79 Å². The lowest BCUT2D eigenvalue weighted by molar-refractivity contribution is -0.138. The van der Waals surface area contributed by atoms with Gasteiger partial charge in [0, 0.05) is 17.3 Å². The predicted octanol–water partition coefficient (Wildman–Crippen LogP) is 4.96. The van der Waals surface area contributed by atoms with Gasteiger partial charge >= 0.3 is 6.18 Å². The minimum atomic E-state index is -4.93. The van der Waals surface area contributed by atoms with Gasteiger partial charge in [-0.05, 0) is 24.3 Å². The zero-order valence-corrected chi connectivity index (χ0v) is 13.6. The molecule has 1 aromatic carbocycles. The number of aromatic amines is 1. The fraction of sp³-hybridized carbons (Fsp3) is 0.143. The van der Waals surface area contributed by atoms with E-state index in [0.717, 1.165) is 18.3 Å². The van der Waals surface area contributed by atoms with E-state index >= 15 is 0 Å². The monoisotopic (exact) mass is 401 g/mol. The summed E-state index contributed by atoms with van der Waals surface area (Å²) in [7, 11) is 0. The van der Waals surface area contributed by atoms with Crippen molar-refractivity contribution < 1.29 is 27.2 Å². The van der Waals surface area contributed by atoms with E-state index in [2.05, 4.69) is 4.98 Å². The van der Waals surface area contributed by atoms with Crippen molar-refractivity contribution in [1.82, 2.24) is 4.98 Å². The van der Waals surface area contributed by atoms with Crippen LogP contribution in [0.15, 0.2) is 30.5 Å². The van der Waals surface area contributed by atoms with Gasteiger partial charge in [-0.15, -0.1) is 0 Å². The van der Waals surface area contributed by atoms with Gasteiger partial charge in [0.15, 0.2) is 5.78 Å². The highest BCUT2D eigenvalue weighted by molar-refractivity contribution is 6.77. The first kappa shape index (κ1) is 18.8. The van der Waals surface area contributed by atoms with E-state index in [9.17, 15) is 27.2 Å². The fourth-order valence-electron chi connectivity index (χ4n) is 1.91. The molecule has 1 aromatic heterocycles. The summed E-state index contributed by atoms with van der Waals surface area (Å²) in [6.45, 7) is 0. The van der Waals surface area contributed by atoms with Gasteiger partial charge in [-0.1, -0.05) is 34.8 Å². The lowest BCUT2D eigenvalue weighted by Crippen LogP contribution is -2.19. The Balaban J connectivity index is 2.45. The highest BCUT2D eigenvalue weighted by atomic mass is 35.6. The molecule has 0 amide bonds. The summed E-state index contributed by atoms with van der Waals surface area (Å²) in [4.78, 5) is 26.4. The van der Waals surface area contributed by atoms with Crippen molar-refractivity contribution in [1.29, 1.82) is 0 Å². The maximum atomic E-state index is 13.1.